The van der Waals surface area contributed by atoms with E-state index >= 15 is 0 Å². The average molecular weight is 286 g/mol. The Bertz CT molecular complexity index is 576. The highest BCUT2D eigenvalue weighted by molar-refractivity contribution is 5.33. The number of benzene rings is 2. The second-order valence-corrected chi connectivity index (χ2v) is 5.72. The van der Waals surface area contributed by atoms with Gasteiger partial charge in [-0.15, -0.1) is 0 Å². The van der Waals surface area contributed by atoms with Crippen molar-refractivity contribution in [1.29, 1.82) is 0 Å². The highest BCUT2D eigenvalue weighted by Gasteiger charge is 2.21. The second-order valence-electron chi connectivity index (χ2n) is 5.72. The third-order valence-electron chi connectivity index (χ3n) is 3.64. The molecular formula is C18H22O3. The molecule has 2 rings (SSSR count). The fraction of sp³-hybridized carbons (Fsp3) is 0.333. The van der Waals surface area contributed by atoms with Gasteiger partial charge in [0.2, 0.25) is 0 Å². The lowest BCUT2D eigenvalue weighted by molar-refractivity contribution is -0.318. The fourth-order valence-corrected chi connectivity index (χ4v) is 2.14. The van der Waals surface area contributed by atoms with E-state index in [2.05, 4.69) is 17.0 Å². The summed E-state index contributed by atoms with van der Waals surface area (Å²) in [5, 5.41) is 8.95. The van der Waals surface area contributed by atoms with E-state index in [-0.39, 0.29) is 0 Å². The minimum Gasteiger partial charge on any atom is -0.372 e. The summed E-state index contributed by atoms with van der Waals surface area (Å²) in [6, 6.07) is 16.1. The Morgan fingerprint density at radius 3 is 2.33 bits per heavy atom. The highest BCUT2D eigenvalue weighted by atomic mass is 17.1. The van der Waals surface area contributed by atoms with E-state index < -0.39 is 5.60 Å². The Morgan fingerprint density at radius 2 is 1.71 bits per heavy atom. The van der Waals surface area contributed by atoms with Gasteiger partial charge < -0.3 is 4.74 Å². The lowest BCUT2D eigenvalue weighted by Crippen LogP contribution is -2.20. The molecule has 0 aliphatic heterocycles. The lowest BCUT2D eigenvalue weighted by atomic mass is 9.94. The van der Waals surface area contributed by atoms with Crippen molar-refractivity contribution < 1.29 is 14.9 Å². The first-order valence-electron chi connectivity index (χ1n) is 7.07. The summed E-state index contributed by atoms with van der Waals surface area (Å²) in [6.07, 6.45) is 0. The summed E-state index contributed by atoms with van der Waals surface area (Å²) in [7, 11) is 0. The third-order valence-corrected chi connectivity index (χ3v) is 3.64. The van der Waals surface area contributed by atoms with Gasteiger partial charge in [0.15, 0.2) is 0 Å². The van der Waals surface area contributed by atoms with Gasteiger partial charge in [0.25, 0.3) is 0 Å². The van der Waals surface area contributed by atoms with Crippen LogP contribution in [0.2, 0.25) is 0 Å². The van der Waals surface area contributed by atoms with Gasteiger partial charge in [-0.25, -0.2) is 4.89 Å². The van der Waals surface area contributed by atoms with Crippen LogP contribution >= 0.6 is 0 Å². The molecule has 1 N–H and O–H groups in total. The first-order chi connectivity index (χ1) is 10.0. The topological polar surface area (TPSA) is 38.7 Å². The Labute approximate surface area is 126 Å². The van der Waals surface area contributed by atoms with Gasteiger partial charge in [-0.3, -0.25) is 5.26 Å². The Morgan fingerprint density at radius 1 is 1.00 bits per heavy atom. The van der Waals surface area contributed by atoms with Crippen LogP contribution in [0, 0.1) is 6.92 Å². The van der Waals surface area contributed by atoms with Gasteiger partial charge in [0, 0.05) is 0 Å². The number of hydrogen-bond donors (Lipinski definition) is 1. The fourth-order valence-electron chi connectivity index (χ4n) is 2.14. The highest BCUT2D eigenvalue weighted by Crippen LogP contribution is 2.25. The maximum Gasteiger partial charge on any atom is 0.123 e. The summed E-state index contributed by atoms with van der Waals surface area (Å²) >= 11 is 0. The van der Waals surface area contributed by atoms with Crippen LogP contribution in [0.1, 0.15) is 36.1 Å². The second kappa shape index (κ2) is 6.85. The largest absolute Gasteiger partial charge is 0.372 e. The third kappa shape index (κ3) is 4.14. The van der Waals surface area contributed by atoms with Crippen molar-refractivity contribution >= 4 is 0 Å². The average Bonchev–Trinajstić information content (AvgIpc) is 2.50. The van der Waals surface area contributed by atoms with Crippen LogP contribution in [0.3, 0.4) is 0 Å². The summed E-state index contributed by atoms with van der Waals surface area (Å²) in [4.78, 5) is 4.53. The van der Waals surface area contributed by atoms with E-state index in [1.54, 1.807) is 0 Å². The standard InChI is InChI=1S/C18H22O3/c1-14-11-17(18(2,3)21-19)10-9-16(14)13-20-12-15-7-5-4-6-8-15/h4-11,19H,12-13H2,1-3H3. The predicted molar refractivity (Wildman–Crippen MR) is 82.9 cm³/mol. The number of rotatable bonds is 6. The van der Waals surface area contributed by atoms with Crippen molar-refractivity contribution in [3.05, 3.63) is 70.8 Å². The van der Waals surface area contributed by atoms with Crippen molar-refractivity contribution in [2.24, 2.45) is 0 Å². The molecule has 0 radical (unpaired) electrons. The quantitative estimate of drug-likeness (QED) is 0.630. The number of aryl methyl sites for hydroxylation is 1. The van der Waals surface area contributed by atoms with Crippen LogP contribution in [-0.2, 0) is 28.4 Å². The monoisotopic (exact) mass is 286 g/mol. The number of ether oxygens (including phenoxy) is 1. The molecule has 0 heterocycles. The zero-order chi connectivity index (χ0) is 15.3. The van der Waals surface area contributed by atoms with Gasteiger partial charge in [-0.1, -0.05) is 48.5 Å². The maximum absolute atomic E-state index is 8.95. The molecule has 21 heavy (non-hydrogen) atoms. The molecule has 3 heteroatoms. The van der Waals surface area contributed by atoms with E-state index in [4.69, 9.17) is 9.99 Å². The van der Waals surface area contributed by atoms with Crippen molar-refractivity contribution in [1.82, 2.24) is 0 Å². The molecule has 0 bridgehead atoms. The summed E-state index contributed by atoms with van der Waals surface area (Å²) in [5.74, 6) is 0. The molecule has 112 valence electrons. The van der Waals surface area contributed by atoms with Gasteiger partial charge in [0.05, 0.1) is 13.2 Å². The van der Waals surface area contributed by atoms with Crippen LogP contribution in [-0.4, -0.2) is 5.26 Å². The predicted octanol–water partition coefficient (Wildman–Crippen LogP) is 4.44. The molecule has 0 aromatic heterocycles. The summed E-state index contributed by atoms with van der Waals surface area (Å²) < 4.78 is 5.76. The van der Waals surface area contributed by atoms with Crippen LogP contribution in [0.5, 0.6) is 0 Å². The van der Waals surface area contributed by atoms with Crippen molar-refractivity contribution in [3.8, 4) is 0 Å². The molecule has 0 fully saturated rings. The molecule has 0 saturated carbocycles. The van der Waals surface area contributed by atoms with E-state index in [0.717, 1.165) is 16.7 Å². The Balaban J connectivity index is 1.98. The van der Waals surface area contributed by atoms with Crippen molar-refractivity contribution in [3.63, 3.8) is 0 Å². The van der Waals surface area contributed by atoms with Gasteiger partial charge >= 0.3 is 0 Å². The summed E-state index contributed by atoms with van der Waals surface area (Å²) in [6.45, 7) is 6.87. The molecule has 3 nitrogen and oxygen atoms in total. The zero-order valence-corrected chi connectivity index (χ0v) is 12.8. The smallest absolute Gasteiger partial charge is 0.123 e. The van der Waals surface area contributed by atoms with Crippen LogP contribution in [0.15, 0.2) is 48.5 Å². The summed E-state index contributed by atoms with van der Waals surface area (Å²) in [5.41, 5.74) is 3.68. The maximum atomic E-state index is 8.95. The SMILES string of the molecule is Cc1cc(C(C)(C)OO)ccc1COCc1ccccc1. The first-order valence-corrected chi connectivity index (χ1v) is 7.07. The van der Waals surface area contributed by atoms with Gasteiger partial charge in [-0.2, -0.15) is 0 Å². The molecular weight excluding hydrogens is 264 g/mol. The van der Waals surface area contributed by atoms with Crippen molar-refractivity contribution in [2.45, 2.75) is 39.6 Å². The van der Waals surface area contributed by atoms with Gasteiger partial charge in [-0.05, 0) is 43.0 Å². The first kappa shape index (κ1) is 15.7. The van der Waals surface area contributed by atoms with Gasteiger partial charge in [0.1, 0.15) is 5.60 Å². The van der Waals surface area contributed by atoms with E-state index in [1.807, 2.05) is 57.2 Å². The molecule has 0 amide bonds. The Kier molecular flexibility index (Phi) is 5.12. The molecule has 2 aromatic rings. The van der Waals surface area contributed by atoms with Crippen LogP contribution in [0.4, 0.5) is 0 Å². The minimum atomic E-state index is -0.700. The molecule has 0 atom stereocenters. The molecule has 0 aliphatic carbocycles. The zero-order valence-electron chi connectivity index (χ0n) is 12.8. The van der Waals surface area contributed by atoms with E-state index in [0.29, 0.717) is 13.2 Å². The normalized spacial score (nSPS) is 11.6. The molecule has 0 unspecified atom stereocenters. The molecule has 0 spiro atoms. The number of hydrogen-bond acceptors (Lipinski definition) is 3. The molecule has 0 saturated heterocycles. The molecule has 2 aromatic carbocycles. The van der Waals surface area contributed by atoms with Crippen LogP contribution < -0.4 is 0 Å². The van der Waals surface area contributed by atoms with Crippen LogP contribution in [0.25, 0.3) is 0 Å². The Hall–Kier alpha value is -1.68. The minimum absolute atomic E-state index is 0.571. The van der Waals surface area contributed by atoms with E-state index in [1.165, 1.54) is 5.56 Å². The molecule has 0 aliphatic rings. The lowest BCUT2D eigenvalue weighted by Gasteiger charge is -2.22. The van der Waals surface area contributed by atoms with E-state index in [9.17, 15) is 0 Å². The van der Waals surface area contributed by atoms with Crippen molar-refractivity contribution in [2.75, 3.05) is 0 Å².